The number of carbonyl (C=O) groups excluding carboxylic acids is 2. The molecule has 0 amide bonds. The van der Waals surface area contributed by atoms with Crippen LogP contribution in [0.2, 0.25) is 0 Å². The number of esters is 1. The second-order valence-electron chi connectivity index (χ2n) is 7.72. The van der Waals surface area contributed by atoms with Gasteiger partial charge in [-0.1, -0.05) is 24.3 Å². The molecular formula is C20H32N4O3. The Kier molecular flexibility index (Phi) is 7.91. The van der Waals surface area contributed by atoms with Crippen molar-refractivity contribution in [3.63, 3.8) is 0 Å². The van der Waals surface area contributed by atoms with Gasteiger partial charge in [-0.15, -0.1) is 0 Å². The van der Waals surface area contributed by atoms with E-state index >= 15 is 0 Å². The van der Waals surface area contributed by atoms with Gasteiger partial charge in [-0.05, 0) is 33.3 Å². The van der Waals surface area contributed by atoms with Gasteiger partial charge >= 0.3 is 5.97 Å². The van der Waals surface area contributed by atoms with Gasteiger partial charge in [0.25, 0.3) is 0 Å². The van der Waals surface area contributed by atoms with E-state index < -0.39 is 11.6 Å². The van der Waals surface area contributed by atoms with Gasteiger partial charge in [0.15, 0.2) is 5.78 Å². The van der Waals surface area contributed by atoms with E-state index in [2.05, 4.69) is 16.1 Å². The van der Waals surface area contributed by atoms with Crippen molar-refractivity contribution in [2.75, 3.05) is 39.3 Å². The van der Waals surface area contributed by atoms with Crippen LogP contribution in [-0.4, -0.2) is 61.6 Å². The van der Waals surface area contributed by atoms with Gasteiger partial charge in [0.1, 0.15) is 11.6 Å². The summed E-state index contributed by atoms with van der Waals surface area (Å²) in [7, 11) is 0. The SMILES string of the molecule is CC(=O)c1ccc(C(C(=O)OC(C)(C)C)N2CCNCCNCCN2)cc1. The molecule has 1 unspecified atom stereocenters. The quantitative estimate of drug-likeness (QED) is 0.539. The predicted molar refractivity (Wildman–Crippen MR) is 105 cm³/mol. The number of hydrazine groups is 1. The summed E-state index contributed by atoms with van der Waals surface area (Å²) in [6.45, 7) is 11.9. The van der Waals surface area contributed by atoms with Crippen molar-refractivity contribution in [3.05, 3.63) is 35.4 Å². The Balaban J connectivity index is 2.28. The van der Waals surface area contributed by atoms with Crippen LogP contribution in [0.3, 0.4) is 0 Å². The Morgan fingerprint density at radius 1 is 1.00 bits per heavy atom. The van der Waals surface area contributed by atoms with Crippen molar-refractivity contribution in [2.45, 2.75) is 39.3 Å². The van der Waals surface area contributed by atoms with Crippen LogP contribution in [0.5, 0.6) is 0 Å². The highest BCUT2D eigenvalue weighted by Gasteiger charge is 2.32. The molecule has 7 nitrogen and oxygen atoms in total. The van der Waals surface area contributed by atoms with Crippen LogP contribution >= 0.6 is 0 Å². The number of ether oxygens (including phenoxy) is 1. The largest absolute Gasteiger partial charge is 0.459 e. The summed E-state index contributed by atoms with van der Waals surface area (Å²) in [5.41, 5.74) is 4.20. The highest BCUT2D eigenvalue weighted by molar-refractivity contribution is 5.94. The average Bonchev–Trinajstić information content (AvgIpc) is 2.59. The van der Waals surface area contributed by atoms with E-state index in [1.165, 1.54) is 6.92 Å². The molecule has 2 rings (SSSR count). The molecule has 3 N–H and O–H groups in total. The highest BCUT2D eigenvalue weighted by Crippen LogP contribution is 2.24. The van der Waals surface area contributed by atoms with Gasteiger partial charge in [-0.2, -0.15) is 0 Å². The molecule has 1 heterocycles. The number of nitrogens with zero attached hydrogens (tertiary/aromatic N) is 1. The first-order valence-corrected chi connectivity index (χ1v) is 9.53. The summed E-state index contributed by atoms with van der Waals surface area (Å²) >= 11 is 0. The van der Waals surface area contributed by atoms with Gasteiger partial charge in [-0.3, -0.25) is 10.2 Å². The summed E-state index contributed by atoms with van der Waals surface area (Å²) < 4.78 is 5.69. The fourth-order valence-corrected chi connectivity index (χ4v) is 2.91. The number of carbonyl (C=O) groups is 2. The summed E-state index contributed by atoms with van der Waals surface area (Å²) in [4.78, 5) is 24.6. The standard InChI is InChI=1S/C20H32N4O3/c1-15(25)16-5-7-17(8-6-16)18(19(26)27-20(2,3)4)24-14-13-22-10-9-21-11-12-23-24/h5-8,18,21-23H,9-14H2,1-4H3. The minimum absolute atomic E-state index is 0.00256. The van der Waals surface area contributed by atoms with Crippen molar-refractivity contribution >= 4 is 11.8 Å². The molecule has 0 saturated carbocycles. The number of rotatable bonds is 4. The first-order chi connectivity index (χ1) is 12.8. The topological polar surface area (TPSA) is 82.7 Å². The lowest BCUT2D eigenvalue weighted by Crippen LogP contribution is -2.51. The second kappa shape index (κ2) is 9.94. The first kappa shape index (κ1) is 21.5. The van der Waals surface area contributed by atoms with Crippen LogP contribution in [0.4, 0.5) is 0 Å². The average molecular weight is 377 g/mol. The molecule has 0 aromatic heterocycles. The molecule has 7 heteroatoms. The Bertz CT molecular complexity index is 615. The van der Waals surface area contributed by atoms with Crippen molar-refractivity contribution in [3.8, 4) is 0 Å². The van der Waals surface area contributed by atoms with E-state index in [0.29, 0.717) is 18.7 Å². The lowest BCUT2D eigenvalue weighted by atomic mass is 10.0. The van der Waals surface area contributed by atoms with Crippen molar-refractivity contribution in [2.24, 2.45) is 0 Å². The van der Waals surface area contributed by atoms with Gasteiger partial charge in [0, 0.05) is 44.8 Å². The lowest BCUT2D eigenvalue weighted by molar-refractivity contribution is -0.163. The van der Waals surface area contributed by atoms with Crippen LogP contribution in [-0.2, 0) is 9.53 Å². The molecular weight excluding hydrogens is 344 g/mol. The highest BCUT2D eigenvalue weighted by atomic mass is 16.6. The number of hydrogen-bond donors (Lipinski definition) is 3. The van der Waals surface area contributed by atoms with Crippen molar-refractivity contribution in [1.82, 2.24) is 21.1 Å². The molecule has 1 aromatic carbocycles. The molecule has 0 bridgehead atoms. The van der Waals surface area contributed by atoms with Crippen molar-refractivity contribution in [1.29, 1.82) is 0 Å². The van der Waals surface area contributed by atoms with E-state index in [4.69, 9.17) is 4.74 Å². The second-order valence-corrected chi connectivity index (χ2v) is 7.72. The van der Waals surface area contributed by atoms with Crippen molar-refractivity contribution < 1.29 is 14.3 Å². The summed E-state index contributed by atoms with van der Waals surface area (Å²) in [5, 5.41) is 8.63. The summed E-state index contributed by atoms with van der Waals surface area (Å²) in [6, 6.07) is 6.59. The van der Waals surface area contributed by atoms with E-state index in [-0.39, 0.29) is 11.8 Å². The summed E-state index contributed by atoms with van der Waals surface area (Å²) in [6.07, 6.45) is 0. The minimum Gasteiger partial charge on any atom is -0.459 e. The molecule has 0 radical (unpaired) electrons. The van der Waals surface area contributed by atoms with E-state index in [0.717, 1.165) is 31.7 Å². The number of ketones is 1. The van der Waals surface area contributed by atoms with E-state index in [9.17, 15) is 9.59 Å². The smallest absolute Gasteiger partial charge is 0.329 e. The maximum atomic E-state index is 13.0. The number of nitrogens with one attached hydrogen (secondary N) is 3. The lowest BCUT2D eigenvalue weighted by Gasteiger charge is -2.33. The molecule has 150 valence electrons. The van der Waals surface area contributed by atoms with E-state index in [1.54, 1.807) is 12.1 Å². The zero-order valence-corrected chi connectivity index (χ0v) is 16.8. The summed E-state index contributed by atoms with van der Waals surface area (Å²) in [5.74, 6) is -0.307. The predicted octanol–water partition coefficient (Wildman–Crippen LogP) is 1.27. The fourth-order valence-electron chi connectivity index (χ4n) is 2.91. The molecule has 1 fully saturated rings. The maximum absolute atomic E-state index is 13.0. The Morgan fingerprint density at radius 2 is 1.59 bits per heavy atom. The van der Waals surface area contributed by atoms with Crippen LogP contribution in [0.25, 0.3) is 0 Å². The van der Waals surface area contributed by atoms with Gasteiger partial charge < -0.3 is 15.4 Å². The third-order valence-electron chi connectivity index (χ3n) is 4.20. The molecule has 1 aliphatic heterocycles. The van der Waals surface area contributed by atoms with Gasteiger partial charge in [-0.25, -0.2) is 9.80 Å². The molecule has 27 heavy (non-hydrogen) atoms. The molecule has 0 spiro atoms. The van der Waals surface area contributed by atoms with Crippen LogP contribution in [0.15, 0.2) is 24.3 Å². The molecule has 0 aliphatic carbocycles. The van der Waals surface area contributed by atoms with Crippen LogP contribution < -0.4 is 16.1 Å². The monoisotopic (exact) mass is 376 g/mol. The Hall–Kier alpha value is -1.80. The normalized spacial score (nSPS) is 18.5. The number of Topliss-reactive ketones (excluding diaryl/α,β-unsaturated/α-hetero) is 1. The number of hydrogen-bond acceptors (Lipinski definition) is 7. The Labute approximate surface area is 161 Å². The minimum atomic E-state index is -0.591. The zero-order valence-electron chi connectivity index (χ0n) is 16.8. The molecule has 1 aromatic rings. The fraction of sp³-hybridized carbons (Fsp3) is 0.600. The molecule has 1 aliphatic rings. The van der Waals surface area contributed by atoms with Crippen LogP contribution in [0, 0.1) is 0 Å². The Morgan fingerprint density at radius 3 is 2.19 bits per heavy atom. The molecule has 1 atom stereocenters. The molecule has 1 saturated heterocycles. The number of benzene rings is 1. The third-order valence-corrected chi connectivity index (χ3v) is 4.20. The van der Waals surface area contributed by atoms with Gasteiger partial charge in [0.05, 0.1) is 0 Å². The maximum Gasteiger partial charge on any atom is 0.329 e. The van der Waals surface area contributed by atoms with Crippen LogP contribution in [0.1, 0.15) is 49.7 Å². The van der Waals surface area contributed by atoms with Gasteiger partial charge in [0.2, 0.25) is 0 Å². The zero-order chi connectivity index (χ0) is 19.9. The third kappa shape index (κ3) is 7.03. The first-order valence-electron chi connectivity index (χ1n) is 9.53. The van der Waals surface area contributed by atoms with E-state index in [1.807, 2.05) is 37.9 Å².